The lowest BCUT2D eigenvalue weighted by Crippen LogP contribution is -2.81. The molecule has 2 nitrogen and oxygen atoms in total. The molecule has 366 valence electrons. The molecule has 7 aromatic carbocycles. The fourth-order valence-corrected chi connectivity index (χ4v) is 8.09. The summed E-state index contributed by atoms with van der Waals surface area (Å²) in [6, 6.07) is 25.6. The Morgan fingerprint density at radius 2 is 0.662 bits per heavy atom. The number of rotatable bonds is 8. The summed E-state index contributed by atoms with van der Waals surface area (Å²) < 4.78 is 310. The van der Waals surface area contributed by atoms with Crippen LogP contribution in [0, 0.1) is 122 Å². The molecule has 0 aliphatic heterocycles. The fourth-order valence-electron chi connectivity index (χ4n) is 8.09. The van der Waals surface area contributed by atoms with Crippen molar-refractivity contribution in [3.05, 3.63) is 219 Å². The van der Waals surface area contributed by atoms with E-state index in [9.17, 15) is 61.9 Å². The third kappa shape index (κ3) is 8.07. The average molecular weight is 1020 g/mol. The minimum Gasteiger partial charge on any atom is -0.287 e. The average Bonchev–Trinajstić information content (AvgIpc) is 3.36. The second-order valence-electron chi connectivity index (χ2n) is 14.9. The van der Waals surface area contributed by atoms with Gasteiger partial charge in [-0.15, -0.1) is 21.9 Å². The van der Waals surface area contributed by atoms with E-state index in [2.05, 4.69) is 0 Å². The van der Waals surface area contributed by atoms with Gasteiger partial charge in [0.15, 0.2) is 76.0 Å². The van der Waals surface area contributed by atoms with Crippen molar-refractivity contribution in [3.63, 3.8) is 0 Å². The van der Waals surface area contributed by atoms with Gasteiger partial charge in [-0.25, -0.2) is 92.2 Å². The summed E-state index contributed by atoms with van der Waals surface area (Å²) in [6.07, 6.45) is -5.36. The number of hydrogen-bond donors (Lipinski definition) is 0. The van der Waals surface area contributed by atoms with Gasteiger partial charge in [0.25, 0.3) is 0 Å². The molecular weight excluding hydrogens is 1000 g/mol. The van der Waals surface area contributed by atoms with Gasteiger partial charge in [0.05, 0.1) is 10.9 Å². The maximum absolute atomic E-state index is 15.4. The van der Waals surface area contributed by atoms with Gasteiger partial charge in [-0.3, -0.25) is 4.79 Å². The molecule has 0 fully saturated rings. The first-order chi connectivity index (χ1) is 33.4. The highest BCUT2D eigenvalue weighted by Crippen LogP contribution is 2.32. The van der Waals surface area contributed by atoms with Gasteiger partial charge in [0.2, 0.25) is 18.0 Å². The molecule has 0 radical (unpaired) electrons. The Labute approximate surface area is 382 Å². The predicted octanol–water partition coefficient (Wildman–Crippen LogP) is 10.7. The van der Waals surface area contributed by atoms with Gasteiger partial charge in [-0.05, 0) is 23.6 Å². The molecular formula is C47H17BF21NO. The number of nitrogens with zero attached hydrogens (tertiary/aromatic N) is 1. The standard InChI is InChI=1S/C24BF20.C23H17FNO/c26-5-1(6(27)14(35)21(42)13(5)34)25(2-7(28)15(36)22(43)16(37)8(2)29,3-9(30)17(38)23(44)18(39)10(3)31)4-11(32)19(40)24(45)20(41)12(4)33;24-21-13-7-6-12-20(21)23-19-11-5-4-8-17(19)14-15-25(23)16-22(26)18-9-2-1-3-10-18/h;1-15H,16H2/q-1;+1. The number of carbonyl (C=O) groups excluding carboxylic acids is 1. The first-order valence-electron chi connectivity index (χ1n) is 19.4. The predicted molar refractivity (Wildman–Crippen MR) is 210 cm³/mol. The maximum Gasteiger partial charge on any atom is 0.227 e. The molecule has 0 spiro atoms. The lowest BCUT2D eigenvalue weighted by Gasteiger charge is -2.44. The zero-order valence-corrected chi connectivity index (χ0v) is 34.2. The molecule has 0 bridgehead atoms. The fraction of sp³-hybridized carbons (Fsp3) is 0.0213. The van der Waals surface area contributed by atoms with Crippen molar-refractivity contribution in [2.24, 2.45) is 0 Å². The van der Waals surface area contributed by atoms with Crippen LogP contribution in [-0.4, -0.2) is 11.9 Å². The zero-order valence-electron chi connectivity index (χ0n) is 34.2. The van der Waals surface area contributed by atoms with E-state index in [0.29, 0.717) is 16.8 Å². The molecule has 1 aromatic heterocycles. The molecule has 0 unspecified atom stereocenters. The number of hydrogen-bond acceptors (Lipinski definition) is 1. The van der Waals surface area contributed by atoms with Crippen molar-refractivity contribution in [3.8, 4) is 11.3 Å². The molecule has 0 aliphatic rings. The van der Waals surface area contributed by atoms with Crippen LogP contribution in [0.25, 0.3) is 22.0 Å². The molecule has 8 rings (SSSR count). The van der Waals surface area contributed by atoms with Crippen LogP contribution in [0.15, 0.2) is 91.1 Å². The first-order valence-corrected chi connectivity index (χ1v) is 19.4. The van der Waals surface area contributed by atoms with Crippen LogP contribution in [0.5, 0.6) is 0 Å². The third-order valence-corrected chi connectivity index (χ3v) is 11.2. The largest absolute Gasteiger partial charge is 0.287 e. The molecule has 8 aromatic rings. The first kappa shape index (κ1) is 51.1. The normalized spacial score (nSPS) is 11.6. The summed E-state index contributed by atoms with van der Waals surface area (Å²) in [5.74, 6) is -71.7. The molecule has 71 heavy (non-hydrogen) atoms. The maximum atomic E-state index is 15.4. The van der Waals surface area contributed by atoms with Crippen LogP contribution in [0.3, 0.4) is 0 Å². The number of aromatic nitrogens is 1. The van der Waals surface area contributed by atoms with E-state index in [4.69, 9.17) is 0 Å². The molecule has 0 N–H and O–H groups in total. The van der Waals surface area contributed by atoms with Crippen LogP contribution >= 0.6 is 0 Å². The summed E-state index contributed by atoms with van der Waals surface area (Å²) in [4.78, 5) is 12.7. The van der Waals surface area contributed by atoms with Crippen LogP contribution in [-0.2, 0) is 6.54 Å². The summed E-state index contributed by atoms with van der Waals surface area (Å²) in [7, 11) is 0. The topological polar surface area (TPSA) is 20.9 Å². The highest BCUT2D eigenvalue weighted by atomic mass is 19.2. The van der Waals surface area contributed by atoms with E-state index in [1.54, 1.807) is 24.3 Å². The number of fused-ring (bicyclic) bond motifs is 1. The number of Topliss-reactive ketones (excluding diaryl/α,β-unsaturated/α-hetero) is 1. The summed E-state index contributed by atoms with van der Waals surface area (Å²) in [6.45, 7) is 0.151. The minimum atomic E-state index is -7.22. The Hall–Kier alpha value is -7.79. The van der Waals surface area contributed by atoms with Crippen LogP contribution < -0.4 is 26.4 Å². The van der Waals surface area contributed by atoms with Crippen molar-refractivity contribution < 1.29 is 102 Å². The molecule has 0 amide bonds. The highest BCUT2D eigenvalue weighted by Gasteiger charge is 2.52. The third-order valence-electron chi connectivity index (χ3n) is 11.2. The van der Waals surface area contributed by atoms with Gasteiger partial charge in [0, 0.05) is 11.6 Å². The molecule has 0 saturated carbocycles. The molecule has 1 heterocycles. The Kier molecular flexibility index (Phi) is 13.8. The van der Waals surface area contributed by atoms with Crippen LogP contribution in [0.4, 0.5) is 92.2 Å². The van der Waals surface area contributed by atoms with Crippen molar-refractivity contribution in [1.29, 1.82) is 0 Å². The SMILES string of the molecule is Fc1c(F)c(F)c([B-](c2c(F)c(F)c(F)c(F)c2F)(c2c(F)c(F)c(F)c(F)c2F)c2c(F)c(F)c(F)c(F)c2F)c(F)c1F.O=C(C[n+]1ccc2ccccc2c1-c1ccccc1F)c1ccccc1. The number of halogens is 21. The number of ketones is 1. The Morgan fingerprint density at radius 1 is 0.352 bits per heavy atom. The Bertz CT molecular complexity index is 3120. The van der Waals surface area contributed by atoms with Gasteiger partial charge in [-0.1, -0.05) is 60.7 Å². The Balaban J connectivity index is 0.000000240. The van der Waals surface area contributed by atoms with E-state index in [0.717, 1.165) is 10.8 Å². The zero-order chi connectivity index (χ0) is 52.3. The van der Waals surface area contributed by atoms with Crippen LogP contribution in [0.2, 0.25) is 0 Å². The van der Waals surface area contributed by atoms with E-state index in [1.807, 2.05) is 65.4 Å². The van der Waals surface area contributed by atoms with E-state index >= 15 is 35.1 Å². The highest BCUT2D eigenvalue weighted by molar-refractivity contribution is 7.20. The van der Waals surface area contributed by atoms with E-state index in [1.165, 1.54) is 6.07 Å². The molecule has 24 heteroatoms. The summed E-state index contributed by atoms with van der Waals surface area (Å²) >= 11 is 0. The van der Waals surface area contributed by atoms with Gasteiger partial charge < -0.3 is 0 Å². The van der Waals surface area contributed by atoms with Crippen LogP contribution in [0.1, 0.15) is 10.4 Å². The second-order valence-corrected chi connectivity index (χ2v) is 14.9. The quantitative estimate of drug-likeness (QED) is 0.0371. The molecule has 0 saturated heterocycles. The lowest BCUT2D eigenvalue weighted by molar-refractivity contribution is -0.671. The summed E-state index contributed by atoms with van der Waals surface area (Å²) in [5.41, 5.74) is -12.5. The monoisotopic (exact) mass is 1020 g/mol. The number of carbonyl (C=O) groups is 1. The molecule has 0 aliphatic carbocycles. The van der Waals surface area contributed by atoms with Gasteiger partial charge >= 0.3 is 0 Å². The number of pyridine rings is 1. The van der Waals surface area contributed by atoms with Gasteiger partial charge in [0.1, 0.15) is 58.5 Å². The smallest absolute Gasteiger partial charge is 0.227 e. The van der Waals surface area contributed by atoms with Crippen molar-refractivity contribution in [2.75, 3.05) is 0 Å². The lowest BCUT2D eigenvalue weighted by atomic mass is 9.12. The van der Waals surface area contributed by atoms with E-state index in [-0.39, 0.29) is 18.1 Å². The number of benzene rings is 7. The molecule has 0 atom stereocenters. The van der Waals surface area contributed by atoms with E-state index < -0.39 is 144 Å². The van der Waals surface area contributed by atoms with Gasteiger partial charge in [-0.2, -0.15) is 4.57 Å². The van der Waals surface area contributed by atoms with Crippen molar-refractivity contribution in [1.82, 2.24) is 0 Å². The van der Waals surface area contributed by atoms with Crippen molar-refractivity contribution in [2.45, 2.75) is 6.54 Å². The minimum absolute atomic E-state index is 0.0107. The van der Waals surface area contributed by atoms with Crippen molar-refractivity contribution >= 4 is 44.6 Å². The second kappa shape index (κ2) is 19.2. The Morgan fingerprint density at radius 3 is 1.03 bits per heavy atom. The summed E-state index contributed by atoms with van der Waals surface area (Å²) in [5, 5.41) is 1.93.